The lowest BCUT2D eigenvalue weighted by Crippen LogP contribution is -2.42. The average Bonchev–Trinajstić information content (AvgIpc) is 2.49. The van der Waals surface area contributed by atoms with Crippen molar-refractivity contribution in [2.45, 2.75) is 25.4 Å². The lowest BCUT2D eigenvalue weighted by Gasteiger charge is -2.24. The first-order valence-electron chi connectivity index (χ1n) is 6.07. The summed E-state index contributed by atoms with van der Waals surface area (Å²) in [7, 11) is 0. The third-order valence-electron chi connectivity index (χ3n) is 3.41. The van der Waals surface area contributed by atoms with Crippen LogP contribution in [0.25, 0.3) is 0 Å². The van der Waals surface area contributed by atoms with Crippen LogP contribution >= 0.6 is 22.6 Å². The molecule has 1 aromatic carbocycles. The zero-order valence-corrected chi connectivity index (χ0v) is 12.8. The van der Waals surface area contributed by atoms with Gasteiger partial charge in [0.05, 0.1) is 3.57 Å². The number of carbonyl (C=O) groups excluding carboxylic acids is 1. The number of alkyl halides is 3. The minimum atomic E-state index is -4.84. The fourth-order valence-corrected chi connectivity index (χ4v) is 2.93. The molecular weight excluding hydrogens is 386 g/mol. The highest BCUT2D eigenvalue weighted by molar-refractivity contribution is 14.1. The molecule has 0 bridgehead atoms. The topological polar surface area (TPSA) is 40.5 Å². The summed E-state index contributed by atoms with van der Waals surface area (Å²) in [5.74, 6) is -1.88. The van der Waals surface area contributed by atoms with E-state index in [2.05, 4.69) is 0 Å². The number of nitrogens with zero attached hydrogens (tertiary/aromatic N) is 1. The number of phenols is 1. The molecule has 1 atom stereocenters. The quantitative estimate of drug-likeness (QED) is 0.682. The van der Waals surface area contributed by atoms with Crippen LogP contribution in [0, 0.1) is 3.57 Å². The maximum Gasteiger partial charge on any atom is 0.471 e. The highest BCUT2D eigenvalue weighted by Crippen LogP contribution is 2.32. The van der Waals surface area contributed by atoms with Crippen molar-refractivity contribution < 1.29 is 23.1 Å². The van der Waals surface area contributed by atoms with Crippen molar-refractivity contribution in [2.24, 2.45) is 0 Å². The molecule has 3 nitrogen and oxygen atoms in total. The van der Waals surface area contributed by atoms with E-state index in [1.807, 2.05) is 22.6 Å². The molecule has 1 unspecified atom stereocenters. The molecule has 0 saturated heterocycles. The first-order valence-corrected chi connectivity index (χ1v) is 7.15. The molecule has 0 aromatic heterocycles. The Labute approximate surface area is 127 Å². The molecule has 0 spiro atoms. The van der Waals surface area contributed by atoms with Crippen LogP contribution in [0.5, 0.6) is 5.75 Å². The maximum atomic E-state index is 12.5. The highest BCUT2D eigenvalue weighted by Gasteiger charge is 2.43. The normalized spacial score (nSPS) is 19.4. The standard InChI is InChI=1S/C13H13F3INO2/c1-7-6-18(12(20)13(14,15)16)3-2-8-4-11(19)10(17)5-9(7)8/h4-5,7,19H,2-3,6H2,1H3. The van der Waals surface area contributed by atoms with E-state index in [4.69, 9.17) is 0 Å². The lowest BCUT2D eigenvalue weighted by molar-refractivity contribution is -0.185. The van der Waals surface area contributed by atoms with Crippen LogP contribution in [0.4, 0.5) is 13.2 Å². The first-order chi connectivity index (χ1) is 9.20. The van der Waals surface area contributed by atoms with Gasteiger partial charge in [-0.2, -0.15) is 13.2 Å². The Morgan fingerprint density at radius 2 is 2.10 bits per heavy atom. The van der Waals surface area contributed by atoms with Gasteiger partial charge in [0.15, 0.2) is 0 Å². The van der Waals surface area contributed by atoms with Crippen LogP contribution in [0.15, 0.2) is 12.1 Å². The highest BCUT2D eigenvalue weighted by atomic mass is 127. The van der Waals surface area contributed by atoms with Gasteiger partial charge in [0.1, 0.15) is 5.75 Å². The van der Waals surface area contributed by atoms with E-state index in [1.54, 1.807) is 19.1 Å². The number of carbonyl (C=O) groups is 1. The number of amides is 1. The minimum Gasteiger partial charge on any atom is -0.507 e. The predicted octanol–water partition coefficient (Wildman–Crippen LogP) is 3.05. The van der Waals surface area contributed by atoms with Crippen LogP contribution in [0.3, 0.4) is 0 Å². The van der Waals surface area contributed by atoms with Gasteiger partial charge < -0.3 is 10.0 Å². The molecule has 7 heteroatoms. The Hall–Kier alpha value is -0.990. The lowest BCUT2D eigenvalue weighted by atomic mass is 9.95. The Kier molecular flexibility index (Phi) is 4.17. The summed E-state index contributed by atoms with van der Waals surface area (Å²) in [4.78, 5) is 12.2. The van der Waals surface area contributed by atoms with E-state index in [1.165, 1.54) is 0 Å². The van der Waals surface area contributed by atoms with Crippen molar-refractivity contribution in [2.75, 3.05) is 13.1 Å². The number of halogens is 4. The summed E-state index contributed by atoms with van der Waals surface area (Å²) in [5, 5.41) is 9.69. The molecule has 1 aliphatic rings. The maximum absolute atomic E-state index is 12.5. The zero-order valence-electron chi connectivity index (χ0n) is 10.7. The molecule has 2 rings (SSSR count). The molecule has 0 aliphatic carbocycles. The SMILES string of the molecule is CC1CN(C(=O)C(F)(F)F)CCc2cc(O)c(I)cc21. The molecule has 0 fully saturated rings. The number of hydrogen-bond acceptors (Lipinski definition) is 2. The molecule has 0 radical (unpaired) electrons. The number of fused-ring (bicyclic) bond motifs is 1. The van der Waals surface area contributed by atoms with Crippen molar-refractivity contribution in [3.63, 3.8) is 0 Å². The molecule has 110 valence electrons. The second kappa shape index (κ2) is 5.42. The molecule has 1 N–H and O–H groups in total. The van der Waals surface area contributed by atoms with Crippen LogP contribution < -0.4 is 0 Å². The van der Waals surface area contributed by atoms with Gasteiger partial charge in [0, 0.05) is 13.1 Å². The van der Waals surface area contributed by atoms with Gasteiger partial charge >= 0.3 is 12.1 Å². The van der Waals surface area contributed by atoms with E-state index < -0.39 is 12.1 Å². The van der Waals surface area contributed by atoms with E-state index in [0.29, 0.717) is 9.99 Å². The van der Waals surface area contributed by atoms with E-state index >= 15 is 0 Å². The van der Waals surface area contributed by atoms with Gasteiger partial charge in [-0.25, -0.2) is 0 Å². The second-order valence-corrected chi connectivity index (χ2v) is 6.06. The van der Waals surface area contributed by atoms with Crippen molar-refractivity contribution in [1.29, 1.82) is 0 Å². The number of phenolic OH excluding ortho intramolecular Hbond substituents is 1. The Balaban J connectivity index is 2.30. The summed E-state index contributed by atoms with van der Waals surface area (Å²) >= 11 is 1.97. The molecule has 1 aliphatic heterocycles. The number of rotatable bonds is 0. The predicted molar refractivity (Wildman–Crippen MR) is 75.6 cm³/mol. The summed E-state index contributed by atoms with van der Waals surface area (Å²) in [5.41, 5.74) is 1.69. The molecule has 1 aromatic rings. The first kappa shape index (κ1) is 15.4. The summed E-state index contributed by atoms with van der Waals surface area (Å²) in [6.07, 6.45) is -4.53. The van der Waals surface area contributed by atoms with Crippen molar-refractivity contribution in [1.82, 2.24) is 4.90 Å². The zero-order chi connectivity index (χ0) is 15.1. The largest absolute Gasteiger partial charge is 0.507 e. The number of benzene rings is 1. The smallest absolute Gasteiger partial charge is 0.471 e. The third kappa shape index (κ3) is 3.02. The Morgan fingerprint density at radius 1 is 1.45 bits per heavy atom. The summed E-state index contributed by atoms with van der Waals surface area (Å²) in [6.45, 7) is 1.83. The van der Waals surface area contributed by atoms with Crippen LogP contribution in [-0.4, -0.2) is 35.2 Å². The van der Waals surface area contributed by atoms with Gasteiger partial charge in [-0.1, -0.05) is 6.92 Å². The molecule has 20 heavy (non-hydrogen) atoms. The molecular formula is C13H13F3INO2. The van der Waals surface area contributed by atoms with Crippen LogP contribution in [-0.2, 0) is 11.2 Å². The Bertz CT molecular complexity index is 545. The molecule has 1 heterocycles. The number of aromatic hydroxyl groups is 1. The van der Waals surface area contributed by atoms with E-state index in [0.717, 1.165) is 16.0 Å². The number of hydrogen-bond donors (Lipinski definition) is 1. The van der Waals surface area contributed by atoms with Gasteiger partial charge in [-0.3, -0.25) is 4.79 Å². The van der Waals surface area contributed by atoms with Gasteiger partial charge in [-0.05, 0) is 58.2 Å². The van der Waals surface area contributed by atoms with E-state index in [9.17, 15) is 23.1 Å². The summed E-state index contributed by atoms with van der Waals surface area (Å²) in [6, 6.07) is 3.35. The minimum absolute atomic E-state index is 0.00964. The monoisotopic (exact) mass is 399 g/mol. The van der Waals surface area contributed by atoms with Gasteiger partial charge in [0.2, 0.25) is 0 Å². The van der Waals surface area contributed by atoms with Crippen molar-refractivity contribution in [3.05, 3.63) is 26.8 Å². The fourth-order valence-electron chi connectivity index (χ4n) is 2.44. The van der Waals surface area contributed by atoms with Gasteiger partial charge in [-0.15, -0.1) is 0 Å². The van der Waals surface area contributed by atoms with Crippen molar-refractivity contribution in [3.8, 4) is 5.75 Å². The third-order valence-corrected chi connectivity index (χ3v) is 4.28. The van der Waals surface area contributed by atoms with Crippen LogP contribution in [0.1, 0.15) is 24.0 Å². The van der Waals surface area contributed by atoms with Gasteiger partial charge in [0.25, 0.3) is 0 Å². The summed E-state index contributed by atoms with van der Waals surface area (Å²) < 4.78 is 38.2. The second-order valence-electron chi connectivity index (χ2n) is 4.90. The van der Waals surface area contributed by atoms with Crippen LogP contribution in [0.2, 0.25) is 0 Å². The molecule has 1 amide bonds. The fraction of sp³-hybridized carbons (Fsp3) is 0.462. The van der Waals surface area contributed by atoms with Crippen molar-refractivity contribution >= 4 is 28.5 Å². The molecule has 0 saturated carbocycles. The Morgan fingerprint density at radius 3 is 2.70 bits per heavy atom. The average molecular weight is 399 g/mol. The van der Waals surface area contributed by atoms with E-state index in [-0.39, 0.29) is 24.8 Å².